The Labute approximate surface area is 190 Å². The predicted molar refractivity (Wildman–Crippen MR) is 127 cm³/mol. The summed E-state index contributed by atoms with van der Waals surface area (Å²) in [4.78, 5) is 6.79. The summed E-state index contributed by atoms with van der Waals surface area (Å²) < 4.78 is 0. The Morgan fingerprint density at radius 1 is 0.710 bits per heavy atom. The van der Waals surface area contributed by atoms with E-state index in [1.54, 1.807) is 24.3 Å². The van der Waals surface area contributed by atoms with Crippen molar-refractivity contribution < 1.29 is 5.11 Å². The first kappa shape index (κ1) is 19.8. The largest absolute Gasteiger partial charge is 0.363 e. The van der Waals surface area contributed by atoms with Crippen molar-refractivity contribution in [3.05, 3.63) is 130 Å². The molecule has 0 bridgehead atoms. The van der Waals surface area contributed by atoms with Gasteiger partial charge in [0.1, 0.15) is 5.84 Å². The summed E-state index contributed by atoms with van der Waals surface area (Å²) in [7, 11) is 0. The van der Waals surface area contributed by atoms with Gasteiger partial charge in [0.05, 0.1) is 5.69 Å². The second kappa shape index (κ2) is 7.86. The number of anilines is 1. The lowest BCUT2D eigenvalue weighted by molar-refractivity contribution is 0.0902. The van der Waals surface area contributed by atoms with Crippen LogP contribution in [-0.4, -0.2) is 10.9 Å². The van der Waals surface area contributed by atoms with E-state index in [1.807, 2.05) is 83.8 Å². The summed E-state index contributed by atoms with van der Waals surface area (Å²) >= 11 is 12.5. The van der Waals surface area contributed by atoms with E-state index in [0.717, 1.165) is 11.3 Å². The minimum atomic E-state index is -1.54. The molecule has 1 N–H and O–H groups in total. The second-order valence-corrected chi connectivity index (χ2v) is 8.19. The lowest BCUT2D eigenvalue weighted by Crippen LogP contribution is -2.53. The Balaban J connectivity index is 1.86. The summed E-state index contributed by atoms with van der Waals surface area (Å²) in [5, 5.41) is 13.6. The zero-order chi connectivity index (χ0) is 21.4. The maximum atomic E-state index is 12.5. The van der Waals surface area contributed by atoms with Gasteiger partial charge < -0.3 is 5.11 Å². The average molecular weight is 445 g/mol. The Kier molecular flexibility index (Phi) is 5.03. The third kappa shape index (κ3) is 3.41. The van der Waals surface area contributed by atoms with Crippen LogP contribution < -0.4 is 4.90 Å². The molecule has 1 aliphatic heterocycles. The number of benzene rings is 4. The fourth-order valence-corrected chi connectivity index (χ4v) is 4.26. The Morgan fingerprint density at radius 2 is 1.32 bits per heavy atom. The zero-order valence-electron chi connectivity index (χ0n) is 16.4. The third-order valence-corrected chi connectivity index (χ3v) is 5.88. The van der Waals surface area contributed by atoms with Gasteiger partial charge in [0.25, 0.3) is 0 Å². The van der Waals surface area contributed by atoms with Gasteiger partial charge in [-0.1, -0.05) is 83.9 Å². The van der Waals surface area contributed by atoms with Crippen molar-refractivity contribution in [3.8, 4) is 0 Å². The standard InChI is InChI=1S/C26H18Cl2N2O/c27-20-11-14-22(15-12-20)30-25(18-7-3-1-4-8-18)29-24-16-13-21(28)17-23(24)26(30,31)19-9-5-2-6-10-19/h1-17,31H/t26-/m0/s1. The molecule has 0 saturated heterocycles. The Hall–Kier alpha value is -3.11. The first-order valence-corrected chi connectivity index (χ1v) is 10.6. The van der Waals surface area contributed by atoms with Crippen LogP contribution in [0.25, 0.3) is 0 Å². The van der Waals surface area contributed by atoms with Gasteiger partial charge in [0.2, 0.25) is 0 Å². The van der Waals surface area contributed by atoms with E-state index < -0.39 is 5.72 Å². The monoisotopic (exact) mass is 444 g/mol. The van der Waals surface area contributed by atoms with Crippen molar-refractivity contribution in [3.63, 3.8) is 0 Å². The summed E-state index contributed by atoms with van der Waals surface area (Å²) in [6, 6.07) is 32.1. The van der Waals surface area contributed by atoms with E-state index >= 15 is 0 Å². The quantitative estimate of drug-likeness (QED) is 0.377. The van der Waals surface area contributed by atoms with Gasteiger partial charge in [-0.05, 0) is 42.5 Å². The number of fused-ring (bicyclic) bond motifs is 1. The molecule has 1 heterocycles. The number of aliphatic hydroxyl groups is 1. The van der Waals surface area contributed by atoms with Crippen LogP contribution in [0.5, 0.6) is 0 Å². The third-order valence-electron chi connectivity index (χ3n) is 5.39. The van der Waals surface area contributed by atoms with E-state index in [9.17, 15) is 5.11 Å². The molecule has 0 saturated carbocycles. The van der Waals surface area contributed by atoms with Crippen LogP contribution in [0.2, 0.25) is 10.0 Å². The highest BCUT2D eigenvalue weighted by atomic mass is 35.5. The number of rotatable bonds is 3. The first-order chi connectivity index (χ1) is 15.1. The molecule has 31 heavy (non-hydrogen) atoms. The van der Waals surface area contributed by atoms with E-state index in [4.69, 9.17) is 28.2 Å². The molecule has 1 aliphatic rings. The van der Waals surface area contributed by atoms with Gasteiger partial charge >= 0.3 is 0 Å². The number of aliphatic imine (C=N–C) groups is 1. The smallest absolute Gasteiger partial charge is 0.199 e. The topological polar surface area (TPSA) is 35.8 Å². The molecule has 0 unspecified atom stereocenters. The van der Waals surface area contributed by atoms with E-state index in [0.29, 0.717) is 32.7 Å². The lowest BCUT2D eigenvalue weighted by Gasteiger charge is -2.45. The number of hydrogen-bond donors (Lipinski definition) is 1. The lowest BCUT2D eigenvalue weighted by atomic mass is 9.88. The van der Waals surface area contributed by atoms with Crippen LogP contribution in [0, 0.1) is 0 Å². The number of amidine groups is 1. The Bertz CT molecular complexity index is 1260. The van der Waals surface area contributed by atoms with Crippen molar-refractivity contribution >= 4 is 40.4 Å². The highest BCUT2D eigenvalue weighted by Crippen LogP contribution is 2.46. The number of hydrogen-bond acceptors (Lipinski definition) is 3. The van der Waals surface area contributed by atoms with Crippen molar-refractivity contribution in [2.75, 3.05) is 4.90 Å². The highest BCUT2D eigenvalue weighted by Gasteiger charge is 2.46. The molecule has 0 aliphatic carbocycles. The molecule has 0 fully saturated rings. The molecule has 0 aromatic heterocycles. The van der Waals surface area contributed by atoms with Crippen molar-refractivity contribution in [2.24, 2.45) is 4.99 Å². The molecular weight excluding hydrogens is 427 g/mol. The molecule has 1 atom stereocenters. The molecule has 4 aromatic rings. The van der Waals surface area contributed by atoms with Crippen LogP contribution in [-0.2, 0) is 5.72 Å². The molecule has 5 rings (SSSR count). The van der Waals surface area contributed by atoms with Gasteiger partial charge in [0, 0.05) is 32.4 Å². The molecule has 4 aromatic carbocycles. The van der Waals surface area contributed by atoms with E-state index in [2.05, 4.69) is 0 Å². The van der Waals surface area contributed by atoms with Crippen molar-refractivity contribution in [2.45, 2.75) is 5.72 Å². The van der Waals surface area contributed by atoms with Crippen molar-refractivity contribution in [1.29, 1.82) is 0 Å². The van der Waals surface area contributed by atoms with Crippen LogP contribution in [0.3, 0.4) is 0 Å². The van der Waals surface area contributed by atoms with Crippen molar-refractivity contribution in [1.82, 2.24) is 0 Å². The minimum absolute atomic E-state index is 0.530. The predicted octanol–water partition coefficient (Wildman–Crippen LogP) is 6.79. The summed E-state index contributed by atoms with van der Waals surface area (Å²) in [6.07, 6.45) is 0. The Morgan fingerprint density at radius 3 is 2.00 bits per heavy atom. The first-order valence-electron chi connectivity index (χ1n) is 9.85. The molecule has 0 radical (unpaired) electrons. The molecule has 3 nitrogen and oxygen atoms in total. The van der Waals surface area contributed by atoms with Gasteiger partial charge in [0.15, 0.2) is 5.72 Å². The zero-order valence-corrected chi connectivity index (χ0v) is 17.9. The van der Waals surface area contributed by atoms with Crippen LogP contribution in [0.1, 0.15) is 16.7 Å². The molecular formula is C26H18Cl2N2O. The maximum absolute atomic E-state index is 12.5. The van der Waals surface area contributed by atoms with Crippen LogP contribution in [0.4, 0.5) is 11.4 Å². The summed E-state index contributed by atoms with van der Waals surface area (Å²) in [5.74, 6) is 0.629. The molecule has 5 heteroatoms. The number of nitrogens with zero attached hydrogens (tertiary/aromatic N) is 2. The molecule has 0 spiro atoms. The van der Waals surface area contributed by atoms with Gasteiger partial charge in [-0.3, -0.25) is 4.90 Å². The normalized spacial score (nSPS) is 17.8. The van der Waals surface area contributed by atoms with Gasteiger partial charge in [-0.25, -0.2) is 4.99 Å². The maximum Gasteiger partial charge on any atom is 0.199 e. The number of halogens is 2. The minimum Gasteiger partial charge on any atom is -0.363 e. The van der Waals surface area contributed by atoms with E-state index in [-0.39, 0.29) is 0 Å². The SMILES string of the molecule is O[C@@]1(c2ccccc2)c2cc(Cl)ccc2N=C(c2ccccc2)N1c1ccc(Cl)cc1. The summed E-state index contributed by atoms with van der Waals surface area (Å²) in [5.41, 5.74) is 2.08. The fourth-order valence-electron chi connectivity index (χ4n) is 3.96. The van der Waals surface area contributed by atoms with Crippen LogP contribution in [0.15, 0.2) is 108 Å². The average Bonchev–Trinajstić information content (AvgIpc) is 2.81. The van der Waals surface area contributed by atoms with Gasteiger partial charge in [-0.15, -0.1) is 0 Å². The molecule has 0 amide bonds. The van der Waals surface area contributed by atoms with Gasteiger partial charge in [-0.2, -0.15) is 0 Å². The fraction of sp³-hybridized carbons (Fsp3) is 0.0385. The van der Waals surface area contributed by atoms with E-state index in [1.165, 1.54) is 0 Å². The summed E-state index contributed by atoms with van der Waals surface area (Å²) in [6.45, 7) is 0. The highest BCUT2D eigenvalue weighted by molar-refractivity contribution is 6.31. The van der Waals surface area contributed by atoms with Crippen LogP contribution >= 0.6 is 23.2 Å². The molecule has 152 valence electrons. The second-order valence-electron chi connectivity index (χ2n) is 7.31.